The highest BCUT2D eigenvalue weighted by atomic mass is 79.9. The van der Waals surface area contributed by atoms with Gasteiger partial charge in [0.25, 0.3) is 5.91 Å². The smallest absolute Gasteiger partial charge is 0.267 e. The number of rotatable bonds is 5. The second-order valence-electron chi connectivity index (χ2n) is 6.79. The van der Waals surface area contributed by atoms with Gasteiger partial charge < -0.3 is 0 Å². The minimum absolute atomic E-state index is 0.272. The van der Waals surface area contributed by atoms with Crippen LogP contribution in [-0.4, -0.2) is 21.9 Å². The first-order chi connectivity index (χ1) is 14.6. The van der Waals surface area contributed by atoms with Gasteiger partial charge in [0, 0.05) is 27.4 Å². The molecule has 1 N–H and O–H groups in total. The number of hydrogen-bond donors (Lipinski definition) is 1. The molecule has 0 radical (unpaired) electrons. The van der Waals surface area contributed by atoms with Gasteiger partial charge in [0.15, 0.2) is 0 Å². The Morgan fingerprint density at radius 3 is 2.40 bits per heavy atom. The van der Waals surface area contributed by atoms with Crippen molar-refractivity contribution in [3.8, 4) is 16.9 Å². The summed E-state index contributed by atoms with van der Waals surface area (Å²) >= 11 is 3.36. The number of aryl methyl sites for hydroxylation is 1. The van der Waals surface area contributed by atoms with Gasteiger partial charge in [-0.2, -0.15) is 10.2 Å². The summed E-state index contributed by atoms with van der Waals surface area (Å²) in [6.07, 6.45) is 3.53. The number of nitrogens with one attached hydrogen (secondary N) is 1. The monoisotopic (exact) mass is 458 g/mol. The zero-order chi connectivity index (χ0) is 20.9. The SMILES string of the molecule is Cc1ccc(-c2nn(-c3ccccc3)cc2/C=N\NC(=O)c2ccc(Br)cc2)cc1. The van der Waals surface area contributed by atoms with E-state index in [1.165, 1.54) is 5.56 Å². The molecule has 0 spiro atoms. The van der Waals surface area contributed by atoms with E-state index in [4.69, 9.17) is 5.10 Å². The predicted octanol–water partition coefficient (Wildman–Crippen LogP) is 5.37. The number of aromatic nitrogens is 2. The number of nitrogens with zero attached hydrogens (tertiary/aromatic N) is 3. The van der Waals surface area contributed by atoms with Crippen LogP contribution in [0.4, 0.5) is 0 Å². The molecule has 0 atom stereocenters. The van der Waals surface area contributed by atoms with E-state index >= 15 is 0 Å². The van der Waals surface area contributed by atoms with Crippen LogP contribution in [0.2, 0.25) is 0 Å². The van der Waals surface area contributed by atoms with E-state index in [0.29, 0.717) is 5.56 Å². The molecule has 3 aromatic carbocycles. The Balaban J connectivity index is 1.63. The number of halogens is 1. The third-order valence-electron chi connectivity index (χ3n) is 4.56. The predicted molar refractivity (Wildman–Crippen MR) is 123 cm³/mol. The fraction of sp³-hybridized carbons (Fsp3) is 0.0417. The lowest BCUT2D eigenvalue weighted by Crippen LogP contribution is -2.17. The Bertz CT molecular complexity index is 1180. The molecule has 0 saturated carbocycles. The van der Waals surface area contributed by atoms with Crippen LogP contribution in [-0.2, 0) is 0 Å². The van der Waals surface area contributed by atoms with E-state index in [1.54, 1.807) is 18.3 Å². The van der Waals surface area contributed by atoms with Crippen LogP contribution in [0, 0.1) is 6.92 Å². The molecule has 0 unspecified atom stereocenters. The lowest BCUT2D eigenvalue weighted by molar-refractivity contribution is 0.0955. The third-order valence-corrected chi connectivity index (χ3v) is 5.09. The van der Waals surface area contributed by atoms with Gasteiger partial charge in [0.05, 0.1) is 11.9 Å². The van der Waals surface area contributed by atoms with Crippen LogP contribution in [0.1, 0.15) is 21.5 Å². The second-order valence-corrected chi connectivity index (χ2v) is 7.70. The fourth-order valence-corrected chi connectivity index (χ4v) is 3.22. The highest BCUT2D eigenvalue weighted by Crippen LogP contribution is 2.23. The molecular weight excluding hydrogens is 440 g/mol. The molecule has 148 valence electrons. The molecule has 1 heterocycles. The van der Waals surface area contributed by atoms with Gasteiger partial charge >= 0.3 is 0 Å². The van der Waals surface area contributed by atoms with E-state index in [0.717, 1.165) is 27.0 Å². The van der Waals surface area contributed by atoms with Crippen molar-refractivity contribution in [2.24, 2.45) is 5.10 Å². The summed E-state index contributed by atoms with van der Waals surface area (Å²) in [5.41, 5.74) is 7.82. The summed E-state index contributed by atoms with van der Waals surface area (Å²) in [4.78, 5) is 12.3. The molecule has 5 nitrogen and oxygen atoms in total. The first-order valence-corrected chi connectivity index (χ1v) is 10.2. The molecule has 4 rings (SSSR count). The molecule has 0 bridgehead atoms. The van der Waals surface area contributed by atoms with Crippen molar-refractivity contribution in [1.82, 2.24) is 15.2 Å². The molecule has 1 aromatic heterocycles. The lowest BCUT2D eigenvalue weighted by Gasteiger charge is -2.01. The maximum Gasteiger partial charge on any atom is 0.271 e. The Morgan fingerprint density at radius 1 is 1.00 bits per heavy atom. The molecule has 30 heavy (non-hydrogen) atoms. The van der Waals surface area contributed by atoms with Gasteiger partial charge in [-0.05, 0) is 43.3 Å². The van der Waals surface area contributed by atoms with Crippen molar-refractivity contribution in [3.63, 3.8) is 0 Å². The van der Waals surface area contributed by atoms with Gasteiger partial charge in [-0.25, -0.2) is 10.1 Å². The molecule has 4 aromatic rings. The standard InChI is InChI=1S/C24H19BrN4O/c1-17-7-9-18(10-8-17)23-20(16-29(28-23)22-5-3-2-4-6-22)15-26-27-24(30)19-11-13-21(25)14-12-19/h2-16H,1H3,(H,27,30)/b26-15-. The Kier molecular flexibility index (Phi) is 5.86. The molecular formula is C24H19BrN4O. The van der Waals surface area contributed by atoms with Crippen molar-refractivity contribution in [2.45, 2.75) is 6.92 Å². The molecule has 0 saturated heterocycles. The summed E-state index contributed by atoms with van der Waals surface area (Å²) in [5, 5.41) is 8.91. The average Bonchev–Trinajstić information content (AvgIpc) is 3.19. The zero-order valence-electron chi connectivity index (χ0n) is 16.3. The average molecular weight is 459 g/mol. The van der Waals surface area contributed by atoms with Crippen molar-refractivity contribution in [3.05, 3.63) is 106 Å². The maximum absolute atomic E-state index is 12.3. The van der Waals surface area contributed by atoms with E-state index in [-0.39, 0.29) is 5.91 Å². The largest absolute Gasteiger partial charge is 0.271 e. The topological polar surface area (TPSA) is 59.3 Å². The Morgan fingerprint density at radius 2 is 1.70 bits per heavy atom. The lowest BCUT2D eigenvalue weighted by atomic mass is 10.1. The minimum Gasteiger partial charge on any atom is -0.267 e. The molecule has 0 aliphatic rings. The number of para-hydroxylation sites is 1. The zero-order valence-corrected chi connectivity index (χ0v) is 17.9. The molecule has 1 amide bonds. The number of carbonyl (C=O) groups excluding carboxylic acids is 1. The minimum atomic E-state index is -0.272. The highest BCUT2D eigenvalue weighted by molar-refractivity contribution is 9.10. The van der Waals surface area contributed by atoms with Gasteiger partial charge in [0.2, 0.25) is 0 Å². The van der Waals surface area contributed by atoms with Crippen molar-refractivity contribution >= 4 is 28.1 Å². The van der Waals surface area contributed by atoms with Gasteiger partial charge in [-0.15, -0.1) is 0 Å². The molecule has 0 aliphatic carbocycles. The van der Waals surface area contributed by atoms with Gasteiger partial charge in [-0.1, -0.05) is 64.0 Å². The number of hydrogen-bond acceptors (Lipinski definition) is 3. The van der Waals surface area contributed by atoms with Crippen molar-refractivity contribution in [1.29, 1.82) is 0 Å². The summed E-state index contributed by atoms with van der Waals surface area (Å²) in [6, 6.07) is 25.1. The molecule has 0 fully saturated rings. The molecule has 0 aliphatic heterocycles. The van der Waals surface area contributed by atoms with Crippen LogP contribution in [0.25, 0.3) is 16.9 Å². The number of carbonyl (C=O) groups is 1. The van der Waals surface area contributed by atoms with Crippen LogP contribution in [0.5, 0.6) is 0 Å². The summed E-state index contributed by atoms with van der Waals surface area (Å²) in [7, 11) is 0. The number of amides is 1. The van der Waals surface area contributed by atoms with Crippen LogP contribution < -0.4 is 5.43 Å². The van der Waals surface area contributed by atoms with Crippen LogP contribution in [0.3, 0.4) is 0 Å². The fourth-order valence-electron chi connectivity index (χ4n) is 2.96. The second kappa shape index (κ2) is 8.88. The number of benzene rings is 3. The quantitative estimate of drug-likeness (QED) is 0.322. The van der Waals surface area contributed by atoms with Gasteiger partial charge in [0.1, 0.15) is 5.69 Å². The Labute approximate surface area is 183 Å². The summed E-state index contributed by atoms with van der Waals surface area (Å²) in [6.45, 7) is 2.05. The Hall–Kier alpha value is -3.51. The maximum atomic E-state index is 12.3. The van der Waals surface area contributed by atoms with E-state index in [2.05, 4.69) is 26.5 Å². The first kappa shape index (κ1) is 19.8. The van der Waals surface area contributed by atoms with Crippen molar-refractivity contribution < 1.29 is 4.79 Å². The van der Waals surface area contributed by atoms with Crippen LogP contribution >= 0.6 is 15.9 Å². The first-order valence-electron chi connectivity index (χ1n) is 9.41. The van der Waals surface area contributed by atoms with Gasteiger partial charge in [-0.3, -0.25) is 4.79 Å². The summed E-state index contributed by atoms with van der Waals surface area (Å²) in [5.74, 6) is -0.272. The van der Waals surface area contributed by atoms with Crippen molar-refractivity contribution in [2.75, 3.05) is 0 Å². The summed E-state index contributed by atoms with van der Waals surface area (Å²) < 4.78 is 2.73. The van der Waals surface area contributed by atoms with Crippen LogP contribution in [0.15, 0.2) is 94.6 Å². The highest BCUT2D eigenvalue weighted by Gasteiger charge is 2.11. The third kappa shape index (κ3) is 4.55. The van der Waals surface area contributed by atoms with E-state index in [1.807, 2.05) is 84.5 Å². The molecule has 6 heteroatoms. The number of hydrazone groups is 1. The normalized spacial score (nSPS) is 11.0. The van der Waals surface area contributed by atoms with E-state index in [9.17, 15) is 4.79 Å². The van der Waals surface area contributed by atoms with E-state index < -0.39 is 0 Å².